The van der Waals surface area contributed by atoms with E-state index in [1.54, 1.807) is 18.7 Å². The summed E-state index contributed by atoms with van der Waals surface area (Å²) >= 11 is 0. The van der Waals surface area contributed by atoms with Crippen LogP contribution in [-0.2, 0) is 9.84 Å². The molecule has 144 valence electrons. The molecule has 1 unspecified atom stereocenters. The van der Waals surface area contributed by atoms with Crippen molar-refractivity contribution in [2.24, 2.45) is 5.92 Å². The van der Waals surface area contributed by atoms with Gasteiger partial charge in [-0.2, -0.15) is 0 Å². The van der Waals surface area contributed by atoms with Crippen molar-refractivity contribution in [1.82, 2.24) is 15.0 Å². The van der Waals surface area contributed by atoms with Gasteiger partial charge in [0.2, 0.25) is 0 Å². The smallest absolute Gasteiger partial charge is 0.259 e. The molecule has 3 aliphatic heterocycles. The highest BCUT2D eigenvalue weighted by atomic mass is 32.2. The second-order valence-electron chi connectivity index (χ2n) is 8.09. The summed E-state index contributed by atoms with van der Waals surface area (Å²) in [6, 6.07) is 0. The summed E-state index contributed by atoms with van der Waals surface area (Å²) in [5.41, 5.74) is 1.04. The molecule has 3 aliphatic rings. The zero-order valence-electron chi connectivity index (χ0n) is 15.5. The lowest BCUT2D eigenvalue weighted by molar-refractivity contribution is 0.0409. The number of aryl methyl sites for hydroxylation is 2. The molecule has 0 radical (unpaired) electrons. The Morgan fingerprint density at radius 1 is 1.23 bits per heavy atom. The zero-order valence-corrected chi connectivity index (χ0v) is 16.3. The number of amides is 1. The fraction of sp³-hybridized carbons (Fsp3) is 0.778. The van der Waals surface area contributed by atoms with Gasteiger partial charge in [0.1, 0.15) is 16.1 Å². The molecule has 8 heteroatoms. The Hall–Kier alpha value is -1.41. The van der Waals surface area contributed by atoms with Gasteiger partial charge in [0.25, 0.3) is 5.91 Å². The molecule has 1 amide bonds. The molecule has 0 bridgehead atoms. The number of nitrogens with zero attached hydrogens (tertiary/aromatic N) is 3. The van der Waals surface area contributed by atoms with Crippen molar-refractivity contribution in [2.45, 2.75) is 44.3 Å². The van der Waals surface area contributed by atoms with Crippen molar-refractivity contribution in [2.75, 3.05) is 38.5 Å². The van der Waals surface area contributed by atoms with Crippen LogP contribution < -0.4 is 0 Å². The number of hydrogen-bond acceptors (Lipinski definition) is 6. The third-order valence-corrected chi connectivity index (χ3v) is 9.08. The molecule has 7 nitrogen and oxygen atoms in total. The Kier molecular flexibility index (Phi) is 4.38. The largest absolute Gasteiger partial charge is 0.361 e. The first-order valence-electron chi connectivity index (χ1n) is 9.51. The van der Waals surface area contributed by atoms with Gasteiger partial charge in [-0.1, -0.05) is 11.6 Å². The van der Waals surface area contributed by atoms with E-state index in [1.807, 2.05) is 0 Å². The maximum atomic E-state index is 12.8. The maximum absolute atomic E-state index is 12.8. The van der Waals surface area contributed by atoms with Crippen molar-refractivity contribution in [1.29, 1.82) is 0 Å². The highest BCUT2D eigenvalue weighted by Crippen LogP contribution is 2.45. The SMILES string of the molecule is Cc1noc(C)c1C(=O)N1CC2(C1)C(CN1CCCCC1)CCS2(=O)=O. The molecule has 3 saturated heterocycles. The average Bonchev–Trinajstić information content (AvgIpc) is 3.03. The molecular weight excluding hydrogens is 354 g/mol. The number of sulfone groups is 1. The normalized spacial score (nSPS) is 27.6. The van der Waals surface area contributed by atoms with E-state index < -0.39 is 14.6 Å². The van der Waals surface area contributed by atoms with Crippen LogP contribution in [0.1, 0.15) is 47.5 Å². The second kappa shape index (κ2) is 6.34. The Labute approximate surface area is 154 Å². The summed E-state index contributed by atoms with van der Waals surface area (Å²) in [4.78, 5) is 16.9. The summed E-state index contributed by atoms with van der Waals surface area (Å²) < 4.78 is 30.0. The van der Waals surface area contributed by atoms with Gasteiger partial charge in [-0.25, -0.2) is 8.42 Å². The number of likely N-dealkylation sites (tertiary alicyclic amines) is 2. The number of carbonyl (C=O) groups excluding carboxylic acids is 1. The Balaban J connectivity index is 1.50. The second-order valence-corrected chi connectivity index (χ2v) is 10.5. The number of hydrogen-bond donors (Lipinski definition) is 0. The topological polar surface area (TPSA) is 83.7 Å². The van der Waals surface area contributed by atoms with Crippen LogP contribution in [0.3, 0.4) is 0 Å². The van der Waals surface area contributed by atoms with Crippen molar-refractivity contribution in [3.05, 3.63) is 17.0 Å². The van der Waals surface area contributed by atoms with Crippen molar-refractivity contribution < 1.29 is 17.7 Å². The molecule has 4 rings (SSSR count). The van der Waals surface area contributed by atoms with E-state index >= 15 is 0 Å². The summed E-state index contributed by atoms with van der Waals surface area (Å²) in [5, 5.41) is 3.84. The van der Waals surface area contributed by atoms with Gasteiger partial charge in [0.15, 0.2) is 9.84 Å². The summed E-state index contributed by atoms with van der Waals surface area (Å²) in [7, 11) is -3.16. The van der Waals surface area contributed by atoms with E-state index in [2.05, 4.69) is 10.1 Å². The molecule has 0 aromatic carbocycles. The average molecular weight is 381 g/mol. The molecule has 0 aliphatic carbocycles. The van der Waals surface area contributed by atoms with Crippen LogP contribution >= 0.6 is 0 Å². The molecular formula is C18H27N3O4S. The number of piperidine rings is 1. The minimum Gasteiger partial charge on any atom is -0.361 e. The quantitative estimate of drug-likeness (QED) is 0.787. The summed E-state index contributed by atoms with van der Waals surface area (Å²) in [6.45, 7) is 7.03. The Morgan fingerprint density at radius 2 is 1.92 bits per heavy atom. The number of rotatable bonds is 3. The van der Waals surface area contributed by atoms with E-state index in [0.717, 1.165) is 19.6 Å². The molecule has 4 heterocycles. The first kappa shape index (κ1) is 18.0. The zero-order chi connectivity index (χ0) is 18.5. The van der Waals surface area contributed by atoms with Crippen LogP contribution in [-0.4, -0.2) is 72.5 Å². The molecule has 1 aromatic heterocycles. The van der Waals surface area contributed by atoms with E-state index in [-0.39, 0.29) is 17.6 Å². The minimum atomic E-state index is -3.16. The summed E-state index contributed by atoms with van der Waals surface area (Å²) in [6.07, 6.45) is 4.38. The molecule has 0 N–H and O–H groups in total. The van der Waals surface area contributed by atoms with Crippen molar-refractivity contribution in [3.8, 4) is 0 Å². The van der Waals surface area contributed by atoms with Crippen molar-refractivity contribution in [3.63, 3.8) is 0 Å². The molecule has 1 aromatic rings. The van der Waals surface area contributed by atoms with Crippen LogP contribution in [0.5, 0.6) is 0 Å². The molecule has 3 fully saturated rings. The van der Waals surface area contributed by atoms with E-state index in [0.29, 0.717) is 36.5 Å². The van der Waals surface area contributed by atoms with Gasteiger partial charge in [0.05, 0.1) is 11.4 Å². The van der Waals surface area contributed by atoms with Gasteiger partial charge in [-0.3, -0.25) is 4.79 Å². The van der Waals surface area contributed by atoms with Crippen LogP contribution in [0.4, 0.5) is 0 Å². The van der Waals surface area contributed by atoms with Crippen LogP contribution in [0, 0.1) is 19.8 Å². The lowest BCUT2D eigenvalue weighted by Crippen LogP contribution is -2.69. The summed E-state index contributed by atoms with van der Waals surface area (Å²) in [5.74, 6) is 0.705. The van der Waals surface area contributed by atoms with Gasteiger partial charge in [-0.15, -0.1) is 0 Å². The minimum absolute atomic E-state index is 0.124. The first-order chi connectivity index (χ1) is 12.3. The standard InChI is InChI=1S/C18H27N3O4S/c1-13-16(14(2)25-19-13)17(22)21-11-18(12-21)15(6-9-26(18,23)24)10-20-7-4-3-5-8-20/h15H,3-12H2,1-2H3. The van der Waals surface area contributed by atoms with E-state index in [9.17, 15) is 13.2 Å². The first-order valence-corrected chi connectivity index (χ1v) is 11.2. The van der Waals surface area contributed by atoms with Crippen molar-refractivity contribution >= 4 is 15.7 Å². The van der Waals surface area contributed by atoms with Crippen LogP contribution in [0.25, 0.3) is 0 Å². The third-order valence-electron chi connectivity index (χ3n) is 6.48. The number of aromatic nitrogens is 1. The van der Waals surface area contributed by atoms with E-state index in [4.69, 9.17) is 4.52 Å². The molecule has 26 heavy (non-hydrogen) atoms. The van der Waals surface area contributed by atoms with E-state index in [1.165, 1.54) is 19.3 Å². The molecule has 1 atom stereocenters. The monoisotopic (exact) mass is 381 g/mol. The fourth-order valence-electron chi connectivity index (χ4n) is 4.87. The Bertz CT molecular complexity index is 785. The predicted molar refractivity (Wildman–Crippen MR) is 96.8 cm³/mol. The van der Waals surface area contributed by atoms with Gasteiger partial charge < -0.3 is 14.3 Å². The Morgan fingerprint density at radius 3 is 2.54 bits per heavy atom. The lowest BCUT2D eigenvalue weighted by Gasteiger charge is -2.50. The van der Waals surface area contributed by atoms with Crippen LogP contribution in [0.2, 0.25) is 0 Å². The highest BCUT2D eigenvalue weighted by Gasteiger charge is 2.62. The lowest BCUT2D eigenvalue weighted by atomic mass is 9.82. The van der Waals surface area contributed by atoms with Crippen LogP contribution in [0.15, 0.2) is 4.52 Å². The third kappa shape index (κ3) is 2.69. The molecule has 1 spiro atoms. The maximum Gasteiger partial charge on any atom is 0.259 e. The van der Waals surface area contributed by atoms with Gasteiger partial charge >= 0.3 is 0 Å². The predicted octanol–water partition coefficient (Wildman–Crippen LogP) is 1.41. The van der Waals surface area contributed by atoms with Gasteiger partial charge in [0, 0.05) is 19.6 Å². The molecule has 0 saturated carbocycles. The number of carbonyl (C=O) groups is 1. The fourth-order valence-corrected chi connectivity index (χ4v) is 7.28. The van der Waals surface area contributed by atoms with Gasteiger partial charge in [-0.05, 0) is 52.1 Å². The highest BCUT2D eigenvalue weighted by molar-refractivity contribution is 7.93.